The molecule has 0 bridgehead atoms. The van der Waals surface area contributed by atoms with Crippen molar-refractivity contribution < 1.29 is 0 Å². The lowest BCUT2D eigenvalue weighted by Crippen LogP contribution is -2.13. The highest BCUT2D eigenvalue weighted by Gasteiger charge is 2.06. The van der Waals surface area contributed by atoms with Gasteiger partial charge in [0.2, 0.25) is 0 Å². The summed E-state index contributed by atoms with van der Waals surface area (Å²) in [4.78, 5) is 1.83. The molecule has 1 aromatic carbocycles. The van der Waals surface area contributed by atoms with Crippen molar-refractivity contribution in [1.29, 1.82) is 0 Å². The van der Waals surface area contributed by atoms with Gasteiger partial charge >= 0.3 is 0 Å². The van der Waals surface area contributed by atoms with E-state index in [1.165, 1.54) is 6.20 Å². The average molecular weight is 206 g/mol. The van der Waals surface area contributed by atoms with Crippen LogP contribution in [0.3, 0.4) is 0 Å². The molecule has 2 nitrogen and oxygen atoms in total. The lowest BCUT2D eigenvalue weighted by molar-refractivity contribution is 1.22. The summed E-state index contributed by atoms with van der Waals surface area (Å²) in [6.45, 7) is 5.76. The molecule has 0 spiro atoms. The fourth-order valence-electron chi connectivity index (χ4n) is 1.23. The van der Waals surface area contributed by atoms with Crippen LogP contribution in [0.4, 0.5) is 5.69 Å². The number of aryl methyl sites for hydroxylation is 1. The third-order valence-electron chi connectivity index (χ3n) is 1.95. The van der Waals surface area contributed by atoms with E-state index < -0.39 is 0 Å². The van der Waals surface area contributed by atoms with Gasteiger partial charge in [-0.25, -0.2) is 0 Å². The number of nitrogens with two attached hydrogens (primary N) is 1. The van der Waals surface area contributed by atoms with Crippen molar-refractivity contribution >= 4 is 18.3 Å². The maximum absolute atomic E-state index is 5.41. The predicted molar refractivity (Wildman–Crippen MR) is 65.1 cm³/mol. The van der Waals surface area contributed by atoms with Crippen molar-refractivity contribution in [3.8, 4) is 0 Å². The Morgan fingerprint density at radius 3 is 2.64 bits per heavy atom. The van der Waals surface area contributed by atoms with Gasteiger partial charge in [0, 0.05) is 18.1 Å². The van der Waals surface area contributed by atoms with Crippen LogP contribution >= 0.6 is 12.6 Å². The van der Waals surface area contributed by atoms with Crippen LogP contribution in [0.5, 0.6) is 0 Å². The van der Waals surface area contributed by atoms with E-state index >= 15 is 0 Å². The minimum atomic E-state index is 0.661. The molecule has 1 aromatic rings. The summed E-state index contributed by atoms with van der Waals surface area (Å²) in [7, 11) is 0. The van der Waals surface area contributed by atoms with Crippen molar-refractivity contribution in [3.63, 3.8) is 0 Å². The lowest BCUT2D eigenvalue weighted by Gasteiger charge is -2.21. The van der Waals surface area contributed by atoms with Crippen molar-refractivity contribution in [1.82, 2.24) is 0 Å². The maximum Gasteiger partial charge on any atom is 0.0920 e. The summed E-state index contributed by atoms with van der Waals surface area (Å²) in [5.41, 5.74) is 7.60. The van der Waals surface area contributed by atoms with E-state index in [1.807, 2.05) is 36.1 Å². The second kappa shape index (κ2) is 4.77. The number of hydrogen-bond acceptors (Lipinski definition) is 3. The third kappa shape index (κ3) is 2.12. The molecule has 0 unspecified atom stereocenters. The van der Waals surface area contributed by atoms with Crippen LogP contribution in [0.15, 0.2) is 48.3 Å². The zero-order chi connectivity index (χ0) is 10.6. The molecule has 0 aliphatic carbocycles. The molecule has 0 aromatic heterocycles. The summed E-state index contributed by atoms with van der Waals surface area (Å²) >= 11 is 4.25. The first-order valence-corrected chi connectivity index (χ1v) is 4.73. The van der Waals surface area contributed by atoms with Crippen LogP contribution in [-0.2, 0) is 0 Å². The van der Waals surface area contributed by atoms with Gasteiger partial charge in [-0.1, -0.05) is 24.8 Å². The van der Waals surface area contributed by atoms with Crippen LogP contribution in [0.2, 0.25) is 0 Å². The molecule has 2 N–H and O–H groups in total. The Balaban J connectivity index is 3.13. The molecule has 0 atom stereocenters. The number of hydrogen-bond donors (Lipinski definition) is 2. The number of thiol groups is 1. The first-order chi connectivity index (χ1) is 6.70. The number of benzene rings is 1. The fraction of sp³-hybridized carbons (Fsp3) is 0.0909. The average Bonchev–Trinajstić information content (AvgIpc) is 2.21. The standard InChI is InChI=1S/C11H14N2S/c1-3-13(11(14)8-12)10-7-5-4-6-9(10)2/h3-8,14H,1,12H2,2H3/b11-8+. The van der Waals surface area contributed by atoms with Crippen molar-refractivity contribution in [2.24, 2.45) is 5.73 Å². The molecule has 3 heteroatoms. The first kappa shape index (κ1) is 10.7. The van der Waals surface area contributed by atoms with Crippen LogP contribution in [-0.4, -0.2) is 0 Å². The summed E-state index contributed by atoms with van der Waals surface area (Å²) in [6, 6.07) is 7.99. The Bertz CT molecular complexity index is 358. The summed E-state index contributed by atoms with van der Waals surface area (Å²) in [5, 5.41) is 0.661. The number of para-hydroxylation sites is 1. The predicted octanol–water partition coefficient (Wildman–Crippen LogP) is 2.63. The first-order valence-electron chi connectivity index (χ1n) is 4.29. The minimum Gasteiger partial charge on any atom is -0.402 e. The molecule has 0 radical (unpaired) electrons. The molecule has 74 valence electrons. The smallest absolute Gasteiger partial charge is 0.0920 e. The Kier molecular flexibility index (Phi) is 3.65. The summed E-state index contributed by atoms with van der Waals surface area (Å²) in [6.07, 6.45) is 3.13. The summed E-state index contributed by atoms with van der Waals surface area (Å²) < 4.78 is 0. The molecule has 0 saturated carbocycles. The molecule has 0 aliphatic rings. The topological polar surface area (TPSA) is 29.3 Å². The van der Waals surface area contributed by atoms with Gasteiger partial charge in [-0.2, -0.15) is 0 Å². The van der Waals surface area contributed by atoms with Gasteiger partial charge in [0.25, 0.3) is 0 Å². The van der Waals surface area contributed by atoms with E-state index in [1.54, 1.807) is 6.20 Å². The highest BCUT2D eigenvalue weighted by molar-refractivity contribution is 7.84. The van der Waals surface area contributed by atoms with Gasteiger partial charge in [-0.15, -0.1) is 12.6 Å². The highest BCUT2D eigenvalue weighted by atomic mass is 32.1. The molecule has 0 amide bonds. The third-order valence-corrected chi connectivity index (χ3v) is 2.32. The molecule has 0 fully saturated rings. The van der Waals surface area contributed by atoms with Gasteiger partial charge < -0.3 is 10.6 Å². The second-order valence-corrected chi connectivity index (χ2v) is 3.32. The zero-order valence-corrected chi connectivity index (χ0v) is 9.04. The van der Waals surface area contributed by atoms with Gasteiger partial charge in [-0.3, -0.25) is 0 Å². The van der Waals surface area contributed by atoms with E-state index in [9.17, 15) is 0 Å². The molecule has 0 saturated heterocycles. The van der Waals surface area contributed by atoms with Crippen molar-refractivity contribution in [3.05, 3.63) is 53.8 Å². The van der Waals surface area contributed by atoms with Crippen molar-refractivity contribution in [2.45, 2.75) is 6.92 Å². The van der Waals surface area contributed by atoms with E-state index in [2.05, 4.69) is 19.2 Å². The van der Waals surface area contributed by atoms with Gasteiger partial charge in [0.05, 0.1) is 5.03 Å². The Labute approximate surface area is 90.1 Å². The van der Waals surface area contributed by atoms with E-state index in [4.69, 9.17) is 5.73 Å². The van der Waals surface area contributed by atoms with Crippen LogP contribution in [0.25, 0.3) is 0 Å². The molecular formula is C11H14N2S. The van der Waals surface area contributed by atoms with E-state index in [0.29, 0.717) is 5.03 Å². The monoisotopic (exact) mass is 206 g/mol. The molecule has 14 heavy (non-hydrogen) atoms. The molecular weight excluding hydrogens is 192 g/mol. The fourth-order valence-corrected chi connectivity index (χ4v) is 1.42. The van der Waals surface area contributed by atoms with Gasteiger partial charge in [0.15, 0.2) is 0 Å². The van der Waals surface area contributed by atoms with E-state index in [0.717, 1.165) is 11.3 Å². The number of nitrogens with zero attached hydrogens (tertiary/aromatic N) is 1. The minimum absolute atomic E-state index is 0.661. The Morgan fingerprint density at radius 1 is 1.50 bits per heavy atom. The largest absolute Gasteiger partial charge is 0.402 e. The number of anilines is 1. The normalized spacial score (nSPS) is 11.1. The lowest BCUT2D eigenvalue weighted by atomic mass is 10.2. The van der Waals surface area contributed by atoms with Crippen LogP contribution < -0.4 is 10.6 Å². The van der Waals surface area contributed by atoms with E-state index in [-0.39, 0.29) is 0 Å². The summed E-state index contributed by atoms with van der Waals surface area (Å²) in [5.74, 6) is 0. The molecule has 0 aliphatic heterocycles. The Hall–Kier alpha value is -1.35. The zero-order valence-electron chi connectivity index (χ0n) is 8.14. The van der Waals surface area contributed by atoms with Crippen LogP contribution in [0.1, 0.15) is 5.56 Å². The van der Waals surface area contributed by atoms with Crippen molar-refractivity contribution in [2.75, 3.05) is 4.90 Å². The van der Waals surface area contributed by atoms with Gasteiger partial charge in [-0.05, 0) is 18.6 Å². The highest BCUT2D eigenvalue weighted by Crippen LogP contribution is 2.24. The molecule has 0 heterocycles. The second-order valence-electron chi connectivity index (χ2n) is 2.86. The Morgan fingerprint density at radius 2 is 2.14 bits per heavy atom. The SMILES string of the molecule is C=CN(/C(S)=C\N)c1ccccc1C. The van der Waals surface area contributed by atoms with Crippen LogP contribution in [0, 0.1) is 6.92 Å². The molecule has 1 rings (SSSR count). The maximum atomic E-state index is 5.41. The number of rotatable bonds is 3. The van der Waals surface area contributed by atoms with Gasteiger partial charge in [0.1, 0.15) is 0 Å². The quantitative estimate of drug-likeness (QED) is 0.744.